The Morgan fingerprint density at radius 2 is 1.42 bits per heavy atom. The summed E-state index contributed by atoms with van der Waals surface area (Å²) in [5.41, 5.74) is 0.00676. The van der Waals surface area contributed by atoms with E-state index in [0.717, 1.165) is 64.4 Å². The number of halogens is 1. The van der Waals surface area contributed by atoms with E-state index in [2.05, 4.69) is 19.8 Å². The molecule has 9 heteroatoms. The third kappa shape index (κ3) is 8.03. The molecule has 0 atom stereocenters. The number of nitrogens with zero attached hydrogens (tertiary/aromatic N) is 5. The van der Waals surface area contributed by atoms with E-state index in [1.54, 1.807) is 12.4 Å². The molecule has 1 saturated carbocycles. The average Bonchev–Trinajstić information content (AvgIpc) is 3.20. The summed E-state index contributed by atoms with van der Waals surface area (Å²) in [6, 6.07) is 1.84. The van der Waals surface area contributed by atoms with Crippen molar-refractivity contribution in [3.63, 3.8) is 0 Å². The van der Waals surface area contributed by atoms with Gasteiger partial charge >= 0.3 is 0 Å². The molecule has 3 heterocycles. The normalized spacial score (nSPS) is 20.3. The Morgan fingerprint density at radius 3 is 1.97 bits per heavy atom. The number of imide groups is 1. The van der Waals surface area contributed by atoms with Gasteiger partial charge in [0.05, 0.1) is 0 Å². The predicted octanol–water partition coefficient (Wildman–Crippen LogP) is 3.11. The summed E-state index contributed by atoms with van der Waals surface area (Å²) in [5.74, 6) is 1.11. The molecule has 1 aromatic rings. The zero-order valence-electron chi connectivity index (χ0n) is 20.0. The number of rotatable bonds is 6. The largest absolute Gasteiger partial charge is 0.338 e. The van der Waals surface area contributed by atoms with Crippen molar-refractivity contribution in [2.75, 3.05) is 44.2 Å². The first-order valence-corrected chi connectivity index (χ1v) is 11.9. The summed E-state index contributed by atoms with van der Waals surface area (Å²) in [5, 5.41) is 0. The SMILES string of the molecule is CC(C)=O.Cl.O=C1CC2(CCCC2)CC(=O)N1CCCCN1CCN(c2ncccn2)CC1. The maximum atomic E-state index is 12.5. The smallest absolute Gasteiger partial charge is 0.229 e. The number of piperazine rings is 1. The van der Waals surface area contributed by atoms with E-state index in [4.69, 9.17) is 0 Å². The number of anilines is 1. The van der Waals surface area contributed by atoms with Crippen LogP contribution in [-0.2, 0) is 14.4 Å². The summed E-state index contributed by atoms with van der Waals surface area (Å²) < 4.78 is 0. The van der Waals surface area contributed by atoms with Crippen LogP contribution in [0, 0.1) is 5.41 Å². The number of aromatic nitrogens is 2. The molecule has 1 spiro atoms. The van der Waals surface area contributed by atoms with Gasteiger partial charge in [-0.25, -0.2) is 9.97 Å². The topological polar surface area (TPSA) is 86.7 Å². The number of carbonyl (C=O) groups excluding carboxylic acids is 3. The maximum absolute atomic E-state index is 12.5. The molecule has 0 N–H and O–H groups in total. The lowest BCUT2D eigenvalue weighted by atomic mass is 9.76. The Morgan fingerprint density at radius 1 is 0.909 bits per heavy atom. The number of ketones is 1. The van der Waals surface area contributed by atoms with Gasteiger partial charge in [-0.3, -0.25) is 19.4 Å². The van der Waals surface area contributed by atoms with E-state index in [1.807, 2.05) is 6.07 Å². The average molecular weight is 480 g/mol. The Balaban J connectivity index is 0.000000714. The molecule has 8 nitrogen and oxygen atoms in total. The van der Waals surface area contributed by atoms with E-state index in [0.29, 0.717) is 19.4 Å². The number of carbonyl (C=O) groups is 3. The Labute approximate surface area is 203 Å². The van der Waals surface area contributed by atoms with Crippen LogP contribution in [0.3, 0.4) is 0 Å². The van der Waals surface area contributed by atoms with Gasteiger partial charge in [0, 0.05) is 58.0 Å². The third-order valence-corrected chi connectivity index (χ3v) is 6.63. The van der Waals surface area contributed by atoms with Crippen LogP contribution in [0.2, 0.25) is 0 Å². The van der Waals surface area contributed by atoms with Crippen molar-refractivity contribution in [1.82, 2.24) is 19.8 Å². The second-order valence-corrected chi connectivity index (χ2v) is 9.49. The fourth-order valence-corrected chi connectivity index (χ4v) is 4.99. The van der Waals surface area contributed by atoms with Crippen molar-refractivity contribution in [3.05, 3.63) is 18.5 Å². The molecule has 3 aliphatic rings. The standard InChI is InChI=1S/C21H31N5O2.C3H6O.ClH/c27-18-16-21(6-1-2-7-21)17-19(28)26(18)11-4-3-10-24-12-14-25(15-13-24)20-22-8-5-9-23-20;1-3(2)4;/h5,8-9H,1-4,6-7,10-17H2;1-2H3;1H. The lowest BCUT2D eigenvalue weighted by molar-refractivity contribution is -0.153. The van der Waals surface area contributed by atoms with E-state index in [-0.39, 0.29) is 35.4 Å². The molecule has 3 fully saturated rings. The van der Waals surface area contributed by atoms with Gasteiger partial charge in [-0.2, -0.15) is 0 Å². The van der Waals surface area contributed by atoms with E-state index in [9.17, 15) is 14.4 Å². The van der Waals surface area contributed by atoms with Crippen molar-refractivity contribution in [3.8, 4) is 0 Å². The lowest BCUT2D eigenvalue weighted by Gasteiger charge is -2.37. The molecule has 0 radical (unpaired) electrons. The molecular weight excluding hydrogens is 442 g/mol. The van der Waals surface area contributed by atoms with Crippen LogP contribution in [0.1, 0.15) is 65.2 Å². The second kappa shape index (κ2) is 13.0. The minimum Gasteiger partial charge on any atom is -0.338 e. The Kier molecular flexibility index (Phi) is 10.7. The van der Waals surface area contributed by atoms with Crippen molar-refractivity contribution in [1.29, 1.82) is 0 Å². The highest BCUT2D eigenvalue weighted by Gasteiger charge is 2.44. The first-order chi connectivity index (χ1) is 15.4. The zero-order valence-corrected chi connectivity index (χ0v) is 20.8. The molecule has 1 aromatic heterocycles. The van der Waals surface area contributed by atoms with Gasteiger partial charge < -0.3 is 9.69 Å². The quantitative estimate of drug-likeness (QED) is 0.457. The minimum atomic E-state index is 0. The van der Waals surface area contributed by atoms with Crippen LogP contribution >= 0.6 is 12.4 Å². The van der Waals surface area contributed by atoms with Crippen LogP contribution in [0.25, 0.3) is 0 Å². The third-order valence-electron chi connectivity index (χ3n) is 6.63. The van der Waals surface area contributed by atoms with E-state index >= 15 is 0 Å². The molecule has 33 heavy (non-hydrogen) atoms. The molecule has 0 aromatic carbocycles. The van der Waals surface area contributed by atoms with Gasteiger partial charge in [0.2, 0.25) is 17.8 Å². The monoisotopic (exact) mass is 479 g/mol. The fraction of sp³-hybridized carbons (Fsp3) is 0.708. The van der Waals surface area contributed by atoms with Gasteiger partial charge in [-0.1, -0.05) is 12.8 Å². The maximum Gasteiger partial charge on any atom is 0.229 e. The van der Waals surface area contributed by atoms with Crippen LogP contribution < -0.4 is 4.90 Å². The van der Waals surface area contributed by atoms with Gasteiger partial charge in [0.25, 0.3) is 0 Å². The Hall–Kier alpha value is -2.06. The highest BCUT2D eigenvalue weighted by Crippen LogP contribution is 2.46. The molecule has 1 aliphatic carbocycles. The van der Waals surface area contributed by atoms with Crippen molar-refractivity contribution in [2.45, 2.75) is 65.2 Å². The van der Waals surface area contributed by atoms with Gasteiger partial charge in [0.1, 0.15) is 5.78 Å². The number of piperidine rings is 1. The number of unbranched alkanes of at least 4 members (excludes halogenated alkanes) is 1. The molecule has 184 valence electrons. The fourth-order valence-electron chi connectivity index (χ4n) is 4.99. The van der Waals surface area contributed by atoms with E-state index in [1.165, 1.54) is 31.6 Å². The first-order valence-electron chi connectivity index (χ1n) is 11.9. The zero-order chi connectivity index (χ0) is 23.0. The number of Topliss-reactive ketones (excluding diaryl/α,β-unsaturated/α-hetero) is 1. The lowest BCUT2D eigenvalue weighted by Crippen LogP contribution is -2.48. The molecule has 0 unspecified atom stereocenters. The van der Waals surface area contributed by atoms with E-state index < -0.39 is 0 Å². The van der Waals surface area contributed by atoms with Crippen LogP contribution in [0.5, 0.6) is 0 Å². The highest BCUT2D eigenvalue weighted by molar-refractivity contribution is 5.98. The van der Waals surface area contributed by atoms with Crippen molar-refractivity contribution in [2.24, 2.45) is 5.41 Å². The summed E-state index contributed by atoms with van der Waals surface area (Å²) in [4.78, 5) is 49.3. The Bertz CT molecular complexity index is 754. The molecule has 2 amide bonds. The van der Waals surface area contributed by atoms with Crippen molar-refractivity contribution < 1.29 is 14.4 Å². The van der Waals surface area contributed by atoms with Crippen LogP contribution in [0.4, 0.5) is 5.95 Å². The molecule has 2 saturated heterocycles. The number of hydrogen-bond acceptors (Lipinski definition) is 7. The van der Waals surface area contributed by atoms with Gasteiger partial charge in [0.15, 0.2) is 0 Å². The summed E-state index contributed by atoms with van der Waals surface area (Å²) in [6.07, 6.45) is 11.1. The molecule has 0 bridgehead atoms. The first kappa shape index (κ1) is 27.2. The van der Waals surface area contributed by atoms with Crippen LogP contribution in [0.15, 0.2) is 18.5 Å². The predicted molar refractivity (Wildman–Crippen MR) is 130 cm³/mol. The minimum absolute atomic E-state index is 0. The van der Waals surface area contributed by atoms with Crippen molar-refractivity contribution >= 4 is 36.0 Å². The number of hydrogen-bond donors (Lipinski definition) is 0. The highest BCUT2D eigenvalue weighted by atomic mass is 35.5. The van der Waals surface area contributed by atoms with Gasteiger partial charge in [-0.05, 0) is 57.6 Å². The molecular formula is C24H38ClN5O3. The number of amides is 2. The summed E-state index contributed by atoms with van der Waals surface area (Å²) >= 11 is 0. The summed E-state index contributed by atoms with van der Waals surface area (Å²) in [7, 11) is 0. The van der Waals surface area contributed by atoms with Crippen LogP contribution in [-0.4, -0.2) is 76.6 Å². The second-order valence-electron chi connectivity index (χ2n) is 9.49. The van der Waals surface area contributed by atoms with Gasteiger partial charge in [-0.15, -0.1) is 12.4 Å². The molecule has 2 aliphatic heterocycles. The molecule has 4 rings (SSSR count). The number of likely N-dealkylation sites (tertiary alicyclic amines) is 1. The summed E-state index contributed by atoms with van der Waals surface area (Å²) in [6.45, 7) is 8.55.